The Balaban J connectivity index is 1.98. The van der Waals surface area contributed by atoms with Gasteiger partial charge in [-0.25, -0.2) is 12.7 Å². The molecule has 0 N–H and O–H groups in total. The van der Waals surface area contributed by atoms with Gasteiger partial charge in [0.2, 0.25) is 10.0 Å². The van der Waals surface area contributed by atoms with Gasteiger partial charge in [0.25, 0.3) is 5.91 Å². The molecule has 0 radical (unpaired) electrons. The average molecular weight is 381 g/mol. The van der Waals surface area contributed by atoms with Gasteiger partial charge in [0.15, 0.2) is 0 Å². The molecule has 20 heavy (non-hydrogen) atoms. The number of thiophene rings is 1. The molecule has 0 unspecified atom stereocenters. The largest absolute Gasteiger partial charge is 0.338 e. The highest BCUT2D eigenvalue weighted by Crippen LogP contribution is 2.26. The maximum atomic E-state index is 12.3. The van der Waals surface area contributed by atoms with Crippen LogP contribution in [0.25, 0.3) is 0 Å². The first-order chi connectivity index (χ1) is 9.30. The molecule has 1 aromatic heterocycles. The van der Waals surface area contributed by atoms with Crippen LogP contribution >= 0.6 is 27.3 Å². The lowest BCUT2D eigenvalue weighted by Crippen LogP contribution is -2.46. The molecule has 0 aromatic carbocycles. The number of carbonyl (C=O) groups is 1. The molecule has 0 atom stereocenters. The van der Waals surface area contributed by atoms with Gasteiger partial charge in [0.05, 0.1) is 6.26 Å². The zero-order chi connectivity index (χ0) is 14.9. The third kappa shape index (κ3) is 3.41. The molecule has 0 aliphatic carbocycles. The molecule has 1 fully saturated rings. The van der Waals surface area contributed by atoms with Crippen molar-refractivity contribution >= 4 is 43.2 Å². The predicted molar refractivity (Wildman–Crippen MR) is 83.6 cm³/mol. The smallest absolute Gasteiger partial charge is 0.265 e. The van der Waals surface area contributed by atoms with Gasteiger partial charge in [-0.05, 0) is 40.2 Å². The zero-order valence-corrected chi connectivity index (χ0v) is 14.6. The molecule has 1 aliphatic rings. The van der Waals surface area contributed by atoms with Crippen molar-refractivity contribution in [2.24, 2.45) is 0 Å². The molecule has 2 heterocycles. The van der Waals surface area contributed by atoms with Gasteiger partial charge in [0, 0.05) is 30.7 Å². The van der Waals surface area contributed by atoms with E-state index in [0.29, 0.717) is 30.8 Å². The van der Waals surface area contributed by atoms with E-state index in [1.165, 1.54) is 21.9 Å². The van der Waals surface area contributed by atoms with Gasteiger partial charge < -0.3 is 4.90 Å². The summed E-state index contributed by atoms with van der Waals surface area (Å²) >= 11 is 4.79. The van der Waals surface area contributed by atoms with Crippen LogP contribution in [-0.2, 0) is 10.0 Å². The molecule has 1 saturated heterocycles. The van der Waals surface area contributed by atoms with Crippen LogP contribution in [-0.4, -0.2) is 56.0 Å². The van der Waals surface area contributed by atoms with E-state index in [2.05, 4.69) is 15.9 Å². The van der Waals surface area contributed by atoms with E-state index in [9.17, 15) is 13.2 Å². The van der Waals surface area contributed by atoms with Crippen molar-refractivity contribution in [2.75, 3.05) is 26.4 Å². The Kier molecular flexibility index (Phi) is 4.88. The minimum atomic E-state index is -3.17. The summed E-state index contributed by atoms with van der Waals surface area (Å²) in [5.74, 6) is 0.0207. The quantitative estimate of drug-likeness (QED) is 0.805. The first-order valence-corrected chi connectivity index (χ1v) is 9.78. The maximum Gasteiger partial charge on any atom is 0.265 e. The Hall–Kier alpha value is -0.440. The summed E-state index contributed by atoms with van der Waals surface area (Å²) in [6, 6.07) is 1.85. The highest BCUT2D eigenvalue weighted by Gasteiger charge is 2.30. The van der Waals surface area contributed by atoms with Crippen molar-refractivity contribution in [3.63, 3.8) is 0 Å². The number of halogens is 1. The molecule has 2 rings (SSSR count). The average Bonchev–Trinajstić information content (AvgIpc) is 2.82. The summed E-state index contributed by atoms with van der Waals surface area (Å²) in [6.07, 6.45) is 2.57. The van der Waals surface area contributed by atoms with Gasteiger partial charge in [-0.2, -0.15) is 0 Å². The van der Waals surface area contributed by atoms with Crippen LogP contribution in [0.1, 0.15) is 22.5 Å². The molecule has 1 aliphatic heterocycles. The first kappa shape index (κ1) is 15.9. The summed E-state index contributed by atoms with van der Waals surface area (Å²) < 4.78 is 25.3. The lowest BCUT2D eigenvalue weighted by molar-refractivity contribution is 0.0690. The van der Waals surface area contributed by atoms with Crippen LogP contribution in [0.4, 0.5) is 0 Å². The Labute approximate surface area is 131 Å². The van der Waals surface area contributed by atoms with E-state index in [1.54, 1.807) is 11.9 Å². The number of carbonyl (C=O) groups excluding carboxylic acids is 1. The molecule has 0 spiro atoms. The zero-order valence-electron chi connectivity index (χ0n) is 11.4. The Morgan fingerprint density at radius 2 is 2.05 bits per heavy atom. The van der Waals surface area contributed by atoms with Crippen molar-refractivity contribution in [2.45, 2.75) is 18.9 Å². The summed E-state index contributed by atoms with van der Waals surface area (Å²) in [4.78, 5) is 14.8. The third-order valence-electron chi connectivity index (χ3n) is 3.60. The van der Waals surface area contributed by atoms with E-state index >= 15 is 0 Å². The van der Waals surface area contributed by atoms with Gasteiger partial charge in [0.1, 0.15) is 4.88 Å². The normalized spacial score (nSPS) is 17.7. The molecule has 0 bridgehead atoms. The molecule has 112 valence electrons. The number of sulfonamides is 1. The van der Waals surface area contributed by atoms with Crippen LogP contribution in [0.3, 0.4) is 0 Å². The van der Waals surface area contributed by atoms with Gasteiger partial charge in [-0.15, -0.1) is 11.3 Å². The lowest BCUT2D eigenvalue weighted by Gasteiger charge is -2.35. The topological polar surface area (TPSA) is 57.7 Å². The van der Waals surface area contributed by atoms with E-state index in [0.717, 1.165) is 4.47 Å². The number of hydrogen-bond acceptors (Lipinski definition) is 4. The number of piperidine rings is 1. The lowest BCUT2D eigenvalue weighted by atomic mass is 10.1. The van der Waals surface area contributed by atoms with Gasteiger partial charge in [-0.1, -0.05) is 0 Å². The predicted octanol–water partition coefficient (Wildman–Crippen LogP) is 2.01. The monoisotopic (exact) mass is 380 g/mol. The first-order valence-electron chi connectivity index (χ1n) is 6.26. The second-order valence-electron chi connectivity index (χ2n) is 4.90. The maximum absolute atomic E-state index is 12.3. The van der Waals surface area contributed by atoms with Crippen molar-refractivity contribution < 1.29 is 13.2 Å². The summed E-state index contributed by atoms with van der Waals surface area (Å²) in [6.45, 7) is 1.18. The minimum Gasteiger partial charge on any atom is -0.338 e. The molecular weight excluding hydrogens is 364 g/mol. The van der Waals surface area contributed by atoms with E-state index in [4.69, 9.17) is 0 Å². The number of amides is 1. The highest BCUT2D eigenvalue weighted by molar-refractivity contribution is 9.10. The third-order valence-corrected chi connectivity index (χ3v) is 6.77. The van der Waals surface area contributed by atoms with Crippen LogP contribution < -0.4 is 0 Å². The van der Waals surface area contributed by atoms with Crippen molar-refractivity contribution in [3.8, 4) is 0 Å². The summed E-state index contributed by atoms with van der Waals surface area (Å²) in [7, 11) is -1.56. The number of nitrogens with zero attached hydrogens (tertiary/aromatic N) is 2. The molecule has 5 nitrogen and oxygen atoms in total. The van der Waals surface area contributed by atoms with Crippen molar-refractivity contribution in [3.05, 3.63) is 20.8 Å². The molecular formula is C12H17BrN2O3S2. The molecule has 8 heteroatoms. The fraction of sp³-hybridized carbons (Fsp3) is 0.583. The molecule has 0 saturated carbocycles. The van der Waals surface area contributed by atoms with Crippen LogP contribution in [0.2, 0.25) is 0 Å². The SMILES string of the molecule is CN(C1CCN(C(=O)c2sccc2Br)CC1)S(C)(=O)=O. The Morgan fingerprint density at radius 3 is 2.50 bits per heavy atom. The molecule has 1 amide bonds. The molecule has 1 aromatic rings. The second kappa shape index (κ2) is 6.13. The van der Waals surface area contributed by atoms with E-state index in [1.807, 2.05) is 11.4 Å². The number of likely N-dealkylation sites (tertiary alicyclic amines) is 1. The summed E-state index contributed by atoms with van der Waals surface area (Å²) in [5.41, 5.74) is 0. The highest BCUT2D eigenvalue weighted by atomic mass is 79.9. The Morgan fingerprint density at radius 1 is 1.45 bits per heavy atom. The standard InChI is InChI=1S/C12H17BrN2O3S2/c1-14(20(2,17)18)9-3-6-15(7-4-9)12(16)11-10(13)5-8-19-11/h5,8-9H,3-4,6-7H2,1-2H3. The minimum absolute atomic E-state index is 0.0131. The van der Waals surface area contributed by atoms with Gasteiger partial charge in [-0.3, -0.25) is 4.79 Å². The van der Waals surface area contributed by atoms with E-state index < -0.39 is 10.0 Å². The Bertz CT molecular complexity index is 592. The number of rotatable bonds is 3. The van der Waals surface area contributed by atoms with Crippen molar-refractivity contribution in [1.29, 1.82) is 0 Å². The van der Waals surface area contributed by atoms with Crippen LogP contribution in [0.5, 0.6) is 0 Å². The summed E-state index contributed by atoms with van der Waals surface area (Å²) in [5, 5.41) is 1.88. The van der Waals surface area contributed by atoms with E-state index in [-0.39, 0.29) is 11.9 Å². The fourth-order valence-electron chi connectivity index (χ4n) is 2.29. The second-order valence-corrected chi connectivity index (χ2v) is 8.71. The van der Waals surface area contributed by atoms with Crippen molar-refractivity contribution in [1.82, 2.24) is 9.21 Å². The number of hydrogen-bond donors (Lipinski definition) is 0. The van der Waals surface area contributed by atoms with Crippen LogP contribution in [0.15, 0.2) is 15.9 Å². The fourth-order valence-corrected chi connectivity index (χ4v) is 4.55. The van der Waals surface area contributed by atoms with Gasteiger partial charge >= 0.3 is 0 Å². The van der Waals surface area contributed by atoms with Crippen LogP contribution in [0, 0.1) is 0 Å².